The van der Waals surface area contributed by atoms with Gasteiger partial charge in [-0.1, -0.05) is 59.3 Å². The first-order valence-corrected chi connectivity index (χ1v) is 10.3. The summed E-state index contributed by atoms with van der Waals surface area (Å²) in [7, 11) is 0. The second-order valence-corrected chi connectivity index (χ2v) is 8.05. The van der Waals surface area contributed by atoms with Gasteiger partial charge in [-0.25, -0.2) is 4.98 Å². The van der Waals surface area contributed by atoms with Gasteiger partial charge in [0.05, 0.1) is 23.0 Å². The Bertz CT molecular complexity index is 1320. The number of nitrogens with zero attached hydrogens (tertiary/aromatic N) is 2. The molecule has 2 heterocycles. The lowest BCUT2D eigenvalue weighted by Crippen LogP contribution is -2.30. The topological polar surface area (TPSA) is 46.3 Å². The molecule has 5 aromatic rings. The van der Waals surface area contributed by atoms with Crippen LogP contribution in [0.15, 0.2) is 83.5 Å². The minimum Gasteiger partial charge on any atom is -0.467 e. The highest BCUT2D eigenvalue weighted by molar-refractivity contribution is 7.22. The van der Waals surface area contributed by atoms with Crippen LogP contribution in [0.25, 0.3) is 21.0 Å². The number of aromatic nitrogens is 1. The third-order valence-electron chi connectivity index (χ3n) is 4.73. The van der Waals surface area contributed by atoms with Crippen LogP contribution in [0.4, 0.5) is 5.13 Å². The molecule has 142 valence electrons. The van der Waals surface area contributed by atoms with Crippen LogP contribution in [-0.4, -0.2) is 10.9 Å². The van der Waals surface area contributed by atoms with E-state index in [9.17, 15) is 4.79 Å². The molecule has 5 rings (SSSR count). The normalized spacial score (nSPS) is 11.2. The number of halogens is 1. The molecule has 0 saturated carbocycles. The predicted molar refractivity (Wildman–Crippen MR) is 118 cm³/mol. The van der Waals surface area contributed by atoms with E-state index in [1.54, 1.807) is 17.2 Å². The maximum Gasteiger partial charge on any atom is 0.261 e. The van der Waals surface area contributed by atoms with Crippen molar-refractivity contribution in [2.75, 3.05) is 4.90 Å². The van der Waals surface area contributed by atoms with E-state index in [4.69, 9.17) is 16.0 Å². The number of hydrogen-bond donors (Lipinski definition) is 0. The Morgan fingerprint density at radius 2 is 1.90 bits per heavy atom. The molecule has 0 radical (unpaired) electrons. The number of carbonyl (C=O) groups excluding carboxylic acids is 1. The lowest BCUT2D eigenvalue weighted by molar-refractivity contribution is 0.0985. The molecule has 0 aliphatic heterocycles. The molecule has 29 heavy (non-hydrogen) atoms. The number of amides is 1. The maximum atomic E-state index is 13.7. The summed E-state index contributed by atoms with van der Waals surface area (Å²) >= 11 is 7.57. The summed E-state index contributed by atoms with van der Waals surface area (Å²) in [6, 6.07) is 22.8. The van der Waals surface area contributed by atoms with Crippen LogP contribution in [0.2, 0.25) is 5.02 Å². The van der Waals surface area contributed by atoms with Crippen LogP contribution in [0, 0.1) is 0 Å². The Morgan fingerprint density at radius 3 is 2.76 bits per heavy atom. The van der Waals surface area contributed by atoms with Crippen molar-refractivity contribution in [3.05, 3.63) is 95.4 Å². The minimum absolute atomic E-state index is 0.122. The molecular formula is C23H15ClN2O2S. The largest absolute Gasteiger partial charge is 0.467 e. The van der Waals surface area contributed by atoms with E-state index >= 15 is 0 Å². The van der Waals surface area contributed by atoms with Gasteiger partial charge in [0.15, 0.2) is 5.13 Å². The van der Waals surface area contributed by atoms with E-state index in [1.807, 2.05) is 66.7 Å². The van der Waals surface area contributed by atoms with Gasteiger partial charge >= 0.3 is 0 Å². The van der Waals surface area contributed by atoms with Crippen LogP contribution < -0.4 is 4.90 Å². The predicted octanol–water partition coefficient (Wildman–Crippen LogP) is 6.54. The molecule has 0 spiro atoms. The smallest absolute Gasteiger partial charge is 0.261 e. The van der Waals surface area contributed by atoms with Gasteiger partial charge in [0, 0.05) is 10.6 Å². The lowest BCUT2D eigenvalue weighted by Gasteiger charge is -2.19. The van der Waals surface area contributed by atoms with E-state index in [0.717, 1.165) is 21.0 Å². The summed E-state index contributed by atoms with van der Waals surface area (Å²) in [6.45, 7) is 0.294. The Balaban J connectivity index is 1.63. The molecule has 0 saturated heterocycles. The summed E-state index contributed by atoms with van der Waals surface area (Å²) in [5.41, 5.74) is 1.44. The number of thiazole rings is 1. The van der Waals surface area contributed by atoms with Crippen molar-refractivity contribution < 1.29 is 9.21 Å². The van der Waals surface area contributed by atoms with E-state index < -0.39 is 0 Å². The van der Waals surface area contributed by atoms with Crippen molar-refractivity contribution in [3.63, 3.8) is 0 Å². The van der Waals surface area contributed by atoms with Crippen LogP contribution in [0.3, 0.4) is 0 Å². The van der Waals surface area contributed by atoms with Gasteiger partial charge < -0.3 is 4.42 Å². The van der Waals surface area contributed by atoms with Crippen LogP contribution in [0.1, 0.15) is 16.1 Å². The number of hydrogen-bond acceptors (Lipinski definition) is 4. The first kappa shape index (κ1) is 17.9. The Morgan fingerprint density at radius 1 is 1.03 bits per heavy atom. The number of rotatable bonds is 4. The van der Waals surface area contributed by atoms with Gasteiger partial charge in [0.25, 0.3) is 5.91 Å². The SMILES string of the molecule is O=C(c1cccc2ccccc12)N(Cc1ccco1)c1nc2ccc(Cl)cc2s1. The quantitative estimate of drug-likeness (QED) is 0.332. The van der Waals surface area contributed by atoms with Crippen molar-refractivity contribution in [1.82, 2.24) is 4.98 Å². The fraction of sp³-hybridized carbons (Fsp3) is 0.0435. The summed E-state index contributed by atoms with van der Waals surface area (Å²) in [4.78, 5) is 20.0. The molecule has 0 atom stereocenters. The highest BCUT2D eigenvalue weighted by atomic mass is 35.5. The van der Waals surface area contributed by atoms with Gasteiger partial charge in [-0.2, -0.15) is 0 Å². The van der Waals surface area contributed by atoms with E-state index in [0.29, 0.717) is 28.0 Å². The van der Waals surface area contributed by atoms with E-state index in [-0.39, 0.29) is 5.91 Å². The number of carbonyl (C=O) groups is 1. The average molecular weight is 419 g/mol. The molecule has 0 fully saturated rings. The van der Waals surface area contributed by atoms with Crippen molar-refractivity contribution in [1.29, 1.82) is 0 Å². The standard InChI is InChI=1S/C23H15ClN2O2S/c24-16-10-11-20-21(13-16)29-23(25-20)26(14-17-7-4-12-28-17)22(27)19-9-3-6-15-5-1-2-8-18(15)19/h1-13H,14H2. The number of benzene rings is 3. The molecule has 4 nitrogen and oxygen atoms in total. The molecule has 0 aliphatic rings. The van der Waals surface area contributed by atoms with Gasteiger partial charge in [-0.05, 0) is 47.2 Å². The molecular weight excluding hydrogens is 404 g/mol. The third-order valence-corrected chi connectivity index (χ3v) is 6.01. The zero-order valence-corrected chi connectivity index (χ0v) is 16.8. The van der Waals surface area contributed by atoms with Crippen molar-refractivity contribution in [2.24, 2.45) is 0 Å². The molecule has 0 N–H and O–H groups in total. The molecule has 0 bridgehead atoms. The van der Waals surface area contributed by atoms with Gasteiger partial charge in [-0.15, -0.1) is 0 Å². The Kier molecular flexibility index (Phi) is 4.54. The zero-order valence-electron chi connectivity index (χ0n) is 15.2. The summed E-state index contributed by atoms with van der Waals surface area (Å²) in [5.74, 6) is 0.569. The number of anilines is 1. The molecule has 6 heteroatoms. The van der Waals surface area contributed by atoms with Crippen LogP contribution >= 0.6 is 22.9 Å². The van der Waals surface area contributed by atoms with E-state index in [2.05, 4.69) is 4.98 Å². The highest BCUT2D eigenvalue weighted by Gasteiger charge is 2.24. The number of fused-ring (bicyclic) bond motifs is 2. The van der Waals surface area contributed by atoms with Crippen LogP contribution in [0.5, 0.6) is 0 Å². The van der Waals surface area contributed by atoms with Crippen molar-refractivity contribution in [2.45, 2.75) is 6.54 Å². The second-order valence-electron chi connectivity index (χ2n) is 6.61. The van der Waals surface area contributed by atoms with Gasteiger partial charge in [0.2, 0.25) is 0 Å². The average Bonchev–Trinajstić information content (AvgIpc) is 3.40. The molecule has 3 aromatic carbocycles. The van der Waals surface area contributed by atoms with Gasteiger partial charge in [-0.3, -0.25) is 9.69 Å². The third kappa shape index (κ3) is 3.39. The second kappa shape index (κ2) is 7.35. The minimum atomic E-state index is -0.122. The summed E-state index contributed by atoms with van der Waals surface area (Å²) in [6.07, 6.45) is 1.61. The monoisotopic (exact) mass is 418 g/mol. The fourth-order valence-corrected chi connectivity index (χ4v) is 4.58. The lowest BCUT2D eigenvalue weighted by atomic mass is 10.0. The van der Waals surface area contributed by atoms with Crippen molar-refractivity contribution >= 4 is 55.0 Å². The first-order valence-electron chi connectivity index (χ1n) is 9.07. The fourth-order valence-electron chi connectivity index (χ4n) is 3.34. The van der Waals surface area contributed by atoms with Crippen LogP contribution in [-0.2, 0) is 6.54 Å². The Hall–Kier alpha value is -3.15. The molecule has 1 amide bonds. The highest BCUT2D eigenvalue weighted by Crippen LogP contribution is 2.33. The zero-order chi connectivity index (χ0) is 19.8. The summed E-state index contributed by atoms with van der Waals surface area (Å²) < 4.78 is 6.45. The molecule has 2 aromatic heterocycles. The van der Waals surface area contributed by atoms with Gasteiger partial charge in [0.1, 0.15) is 5.76 Å². The van der Waals surface area contributed by atoms with E-state index in [1.165, 1.54) is 11.3 Å². The Labute approximate surface area is 176 Å². The first-order chi connectivity index (χ1) is 14.2. The molecule has 0 unspecified atom stereocenters. The maximum absolute atomic E-state index is 13.7. The number of furan rings is 1. The van der Waals surface area contributed by atoms with Crippen molar-refractivity contribution in [3.8, 4) is 0 Å². The summed E-state index contributed by atoms with van der Waals surface area (Å²) in [5, 5.41) is 3.18. The molecule has 0 aliphatic carbocycles.